The predicted octanol–water partition coefficient (Wildman–Crippen LogP) is 22.8. The number of rotatable bonds is 62. The number of unbranched alkanes of at least 4 members (excludes halogenated alkanes) is 45. The summed E-state index contributed by atoms with van der Waals surface area (Å²) in [5, 5.41) is 0. The molecule has 0 saturated heterocycles. The molecule has 6 heteroatoms. The van der Waals surface area contributed by atoms with Gasteiger partial charge in [0.15, 0.2) is 6.10 Å². The maximum atomic E-state index is 12.9. The molecule has 0 spiro atoms. The average Bonchev–Trinajstić information content (AvgIpc) is 3.41. The lowest BCUT2D eigenvalue weighted by Gasteiger charge is -2.18. The fourth-order valence-corrected chi connectivity index (χ4v) is 10.0. The summed E-state index contributed by atoms with van der Waals surface area (Å²) in [6.07, 6.45) is 78.7. The second kappa shape index (κ2) is 64.2. The summed E-state index contributed by atoms with van der Waals surface area (Å²) in [7, 11) is 0. The molecule has 0 aliphatic carbocycles. The van der Waals surface area contributed by atoms with E-state index in [1.54, 1.807) is 0 Å². The van der Waals surface area contributed by atoms with Crippen molar-refractivity contribution in [2.45, 2.75) is 374 Å². The van der Waals surface area contributed by atoms with Crippen molar-refractivity contribution in [3.8, 4) is 0 Å². The topological polar surface area (TPSA) is 78.9 Å². The lowest BCUT2D eigenvalue weighted by Crippen LogP contribution is -2.30. The maximum Gasteiger partial charge on any atom is 0.306 e. The number of carbonyl (C=O) groups excluding carboxylic acids is 3. The Bertz CT molecular complexity index is 1190. The zero-order chi connectivity index (χ0) is 54.3. The monoisotopic (exact) mass is 1050 g/mol. The van der Waals surface area contributed by atoms with Crippen LogP contribution in [0.4, 0.5) is 0 Å². The molecule has 0 saturated carbocycles. The lowest BCUT2D eigenvalue weighted by atomic mass is 10.0. The molecule has 0 rings (SSSR count). The van der Waals surface area contributed by atoms with Gasteiger partial charge in [0.25, 0.3) is 0 Å². The maximum absolute atomic E-state index is 12.9. The van der Waals surface area contributed by atoms with Crippen molar-refractivity contribution < 1.29 is 28.6 Å². The van der Waals surface area contributed by atoms with Crippen LogP contribution in [0.15, 0.2) is 36.5 Å². The highest BCUT2D eigenvalue weighted by Crippen LogP contribution is 2.17. The molecule has 0 atom stereocenters. The molecule has 0 aliphatic heterocycles. The first-order valence-electron chi connectivity index (χ1n) is 33.5. The number of hydrogen-bond donors (Lipinski definition) is 0. The minimum atomic E-state index is -0.774. The predicted molar refractivity (Wildman–Crippen MR) is 326 cm³/mol. The van der Waals surface area contributed by atoms with Crippen molar-refractivity contribution in [1.29, 1.82) is 0 Å². The first-order chi connectivity index (χ1) is 37.0. The van der Waals surface area contributed by atoms with Crippen LogP contribution in [0.2, 0.25) is 0 Å². The molecule has 0 unspecified atom stereocenters. The highest BCUT2D eigenvalue weighted by molar-refractivity contribution is 5.71. The number of ether oxygens (including phenoxy) is 3. The van der Waals surface area contributed by atoms with E-state index in [2.05, 4.69) is 57.2 Å². The van der Waals surface area contributed by atoms with E-state index < -0.39 is 6.10 Å². The van der Waals surface area contributed by atoms with Crippen LogP contribution in [0.1, 0.15) is 367 Å². The summed E-state index contributed by atoms with van der Waals surface area (Å²) in [6, 6.07) is 0. The first kappa shape index (κ1) is 72.6. The average molecular weight is 1050 g/mol. The molecule has 0 aliphatic rings. The number of allylic oxidation sites excluding steroid dienone is 6. The Balaban J connectivity index is 4.29. The summed E-state index contributed by atoms with van der Waals surface area (Å²) in [4.78, 5) is 38.4. The Morgan fingerprint density at radius 1 is 0.253 bits per heavy atom. The zero-order valence-electron chi connectivity index (χ0n) is 50.6. The molecular weight excluding hydrogens is 925 g/mol. The van der Waals surface area contributed by atoms with Crippen molar-refractivity contribution in [3.05, 3.63) is 36.5 Å². The zero-order valence-corrected chi connectivity index (χ0v) is 50.6. The van der Waals surface area contributed by atoms with Crippen LogP contribution in [0.3, 0.4) is 0 Å². The van der Waals surface area contributed by atoms with E-state index in [-0.39, 0.29) is 31.1 Å². The van der Waals surface area contributed by atoms with E-state index in [9.17, 15) is 14.4 Å². The van der Waals surface area contributed by atoms with Crippen LogP contribution in [-0.2, 0) is 28.6 Å². The lowest BCUT2D eigenvalue weighted by molar-refractivity contribution is -0.167. The van der Waals surface area contributed by atoms with Gasteiger partial charge in [0.2, 0.25) is 0 Å². The van der Waals surface area contributed by atoms with Gasteiger partial charge in [0.1, 0.15) is 13.2 Å². The molecule has 6 nitrogen and oxygen atoms in total. The number of esters is 3. The summed E-state index contributed by atoms with van der Waals surface area (Å²) in [6.45, 7) is 6.68. The van der Waals surface area contributed by atoms with Crippen molar-refractivity contribution >= 4 is 17.9 Å². The van der Waals surface area contributed by atoms with Gasteiger partial charge in [-0.15, -0.1) is 0 Å². The highest BCUT2D eigenvalue weighted by atomic mass is 16.6. The molecule has 0 amide bonds. The molecule has 75 heavy (non-hydrogen) atoms. The SMILES string of the molecule is CCCCCC/C=C\CCCCCCCCCC(=O)OC(COC(=O)CCCCCCCCCCCCC/C=C\CCCCCCCC)COC(=O)CCCCCCCCCCCCC/C=C\CCCCCCCC. The third-order valence-corrected chi connectivity index (χ3v) is 15.1. The largest absolute Gasteiger partial charge is 0.462 e. The molecule has 0 fully saturated rings. The molecule has 440 valence electrons. The van der Waals surface area contributed by atoms with Gasteiger partial charge in [-0.25, -0.2) is 0 Å². The van der Waals surface area contributed by atoms with E-state index in [1.807, 2.05) is 0 Å². The van der Waals surface area contributed by atoms with E-state index >= 15 is 0 Å². The Kier molecular flexibility index (Phi) is 62.1. The summed E-state index contributed by atoms with van der Waals surface area (Å²) >= 11 is 0. The van der Waals surface area contributed by atoms with Crippen molar-refractivity contribution in [3.63, 3.8) is 0 Å². The van der Waals surface area contributed by atoms with Crippen LogP contribution in [0.5, 0.6) is 0 Å². The van der Waals surface area contributed by atoms with Crippen LogP contribution in [0.25, 0.3) is 0 Å². The molecule has 0 N–H and O–H groups in total. The first-order valence-corrected chi connectivity index (χ1v) is 33.5. The normalized spacial score (nSPS) is 11.8. The number of hydrogen-bond acceptors (Lipinski definition) is 6. The van der Waals surface area contributed by atoms with Gasteiger partial charge >= 0.3 is 17.9 Å². The van der Waals surface area contributed by atoms with Crippen molar-refractivity contribution in [2.75, 3.05) is 13.2 Å². The fourth-order valence-electron chi connectivity index (χ4n) is 10.0. The minimum Gasteiger partial charge on any atom is -0.462 e. The second-order valence-corrected chi connectivity index (χ2v) is 22.7. The molecule has 0 radical (unpaired) electrons. The number of carbonyl (C=O) groups is 3. The smallest absolute Gasteiger partial charge is 0.306 e. The van der Waals surface area contributed by atoms with Crippen LogP contribution in [-0.4, -0.2) is 37.2 Å². The van der Waals surface area contributed by atoms with Gasteiger partial charge in [-0.1, -0.05) is 288 Å². The summed E-state index contributed by atoms with van der Waals surface area (Å²) in [5.74, 6) is -0.852. The van der Waals surface area contributed by atoms with Crippen LogP contribution in [0, 0.1) is 0 Å². The molecular formula is C69H128O6. The molecule has 0 bridgehead atoms. The Labute approximate surface area is 467 Å². The van der Waals surface area contributed by atoms with E-state index in [0.717, 1.165) is 57.8 Å². The summed E-state index contributed by atoms with van der Waals surface area (Å²) in [5.41, 5.74) is 0. The molecule has 0 aromatic rings. The van der Waals surface area contributed by atoms with Gasteiger partial charge < -0.3 is 14.2 Å². The summed E-state index contributed by atoms with van der Waals surface area (Å²) < 4.78 is 17.0. The quantitative estimate of drug-likeness (QED) is 0.0261. The Hall–Kier alpha value is -2.37. The van der Waals surface area contributed by atoms with E-state index in [0.29, 0.717) is 19.3 Å². The van der Waals surface area contributed by atoms with Crippen LogP contribution >= 0.6 is 0 Å². The Morgan fingerprint density at radius 3 is 0.680 bits per heavy atom. The molecule has 0 aromatic carbocycles. The van der Waals surface area contributed by atoms with Gasteiger partial charge in [-0.05, 0) is 96.3 Å². The van der Waals surface area contributed by atoms with Crippen molar-refractivity contribution in [1.82, 2.24) is 0 Å². The van der Waals surface area contributed by atoms with Crippen molar-refractivity contribution in [2.24, 2.45) is 0 Å². The third-order valence-electron chi connectivity index (χ3n) is 15.1. The minimum absolute atomic E-state index is 0.0709. The Morgan fingerprint density at radius 2 is 0.440 bits per heavy atom. The second-order valence-electron chi connectivity index (χ2n) is 22.7. The van der Waals surface area contributed by atoms with Gasteiger partial charge in [0, 0.05) is 19.3 Å². The molecule has 0 aromatic heterocycles. The van der Waals surface area contributed by atoms with E-state index in [4.69, 9.17) is 14.2 Å². The van der Waals surface area contributed by atoms with Gasteiger partial charge in [-0.2, -0.15) is 0 Å². The van der Waals surface area contributed by atoms with E-state index in [1.165, 1.54) is 270 Å². The van der Waals surface area contributed by atoms with Gasteiger partial charge in [0.05, 0.1) is 0 Å². The standard InChI is InChI=1S/C69H128O6/c1-4-7-10-13-16-19-22-25-28-30-32-34-36-38-41-43-46-49-52-55-58-61-67(70)73-64-66(75-69(72)63-60-57-54-51-48-45-40-27-24-21-18-15-12-9-6-3)65-74-68(71)62-59-56-53-50-47-44-42-39-37-35-33-31-29-26-23-20-17-14-11-8-5-2/h21,24-26,28-29,66H,4-20,22-23,27,30-65H2,1-3H3/b24-21-,28-25-,29-26-. The van der Waals surface area contributed by atoms with Gasteiger partial charge in [-0.3, -0.25) is 14.4 Å². The fraction of sp³-hybridized carbons (Fsp3) is 0.870. The van der Waals surface area contributed by atoms with Crippen LogP contribution < -0.4 is 0 Å². The highest BCUT2D eigenvalue weighted by Gasteiger charge is 2.19. The third kappa shape index (κ3) is 62.4. The molecule has 0 heterocycles.